The Morgan fingerprint density at radius 1 is 1.21 bits per heavy atom. The Balaban J connectivity index is 1.59. The summed E-state index contributed by atoms with van der Waals surface area (Å²) in [6.45, 7) is 3.64. The van der Waals surface area contributed by atoms with Crippen LogP contribution in [-0.2, 0) is 0 Å². The van der Waals surface area contributed by atoms with Gasteiger partial charge in [0.05, 0.1) is 16.7 Å². The largest absolute Gasteiger partial charge is 0.384 e. The molecule has 0 saturated carbocycles. The monoisotopic (exact) mass is 431 g/mol. The summed E-state index contributed by atoms with van der Waals surface area (Å²) < 4.78 is 0. The molecule has 8 heteroatoms. The Hall–Kier alpha value is -2.33. The molecule has 0 aliphatic carbocycles. The van der Waals surface area contributed by atoms with Gasteiger partial charge in [-0.05, 0) is 62.2 Å². The van der Waals surface area contributed by atoms with Crippen LogP contribution in [-0.4, -0.2) is 42.0 Å². The maximum atomic E-state index is 12.8. The third-order valence-corrected chi connectivity index (χ3v) is 5.48. The van der Waals surface area contributed by atoms with E-state index in [1.165, 1.54) is 6.20 Å². The van der Waals surface area contributed by atoms with Gasteiger partial charge in [-0.1, -0.05) is 23.2 Å². The van der Waals surface area contributed by atoms with Crippen molar-refractivity contribution < 1.29 is 4.79 Å². The maximum Gasteiger partial charge on any atom is 0.258 e. The Morgan fingerprint density at radius 2 is 1.97 bits per heavy atom. The van der Waals surface area contributed by atoms with Crippen molar-refractivity contribution in [2.75, 3.05) is 36.8 Å². The molecule has 1 aromatic carbocycles. The molecule has 1 aliphatic rings. The summed E-state index contributed by atoms with van der Waals surface area (Å²) in [4.78, 5) is 19.2. The minimum atomic E-state index is -0.281. The molecule has 0 radical (unpaired) electrons. The topological polar surface area (TPSA) is 81.0 Å². The maximum absolute atomic E-state index is 12.8. The fraction of sp³-hybridized carbons (Fsp3) is 0.381. The molecule has 2 heterocycles. The van der Waals surface area contributed by atoms with Crippen molar-refractivity contribution in [3.8, 4) is 6.07 Å². The van der Waals surface area contributed by atoms with Crippen molar-refractivity contribution in [3.05, 3.63) is 52.1 Å². The van der Waals surface area contributed by atoms with E-state index in [2.05, 4.69) is 26.6 Å². The van der Waals surface area contributed by atoms with Crippen LogP contribution in [0.3, 0.4) is 0 Å². The number of amides is 1. The summed E-state index contributed by atoms with van der Waals surface area (Å²) in [5.74, 6) is 0.670. The lowest BCUT2D eigenvalue weighted by Gasteiger charge is -2.31. The van der Waals surface area contributed by atoms with E-state index in [1.807, 2.05) is 6.07 Å². The van der Waals surface area contributed by atoms with E-state index in [-0.39, 0.29) is 5.91 Å². The number of likely N-dealkylation sites (tertiary alicyclic amines) is 1. The lowest BCUT2D eigenvalue weighted by Crippen LogP contribution is -2.36. The predicted octanol–water partition coefficient (Wildman–Crippen LogP) is 4.68. The van der Waals surface area contributed by atoms with Gasteiger partial charge in [0.1, 0.15) is 5.82 Å². The van der Waals surface area contributed by atoms with Crippen LogP contribution in [0.25, 0.3) is 0 Å². The number of nitriles is 1. The zero-order valence-corrected chi connectivity index (χ0v) is 17.5. The molecule has 3 rings (SSSR count). The molecule has 1 amide bonds. The molecule has 1 fully saturated rings. The number of anilines is 2. The van der Waals surface area contributed by atoms with Crippen molar-refractivity contribution in [1.29, 1.82) is 5.26 Å². The third kappa shape index (κ3) is 6.33. The molecular formula is C21H23Cl2N5O. The molecule has 0 unspecified atom stereocenters. The first-order valence-corrected chi connectivity index (χ1v) is 10.4. The summed E-state index contributed by atoms with van der Waals surface area (Å²) >= 11 is 12.0. The molecule has 1 saturated heterocycles. The van der Waals surface area contributed by atoms with Gasteiger partial charge in [-0.25, -0.2) is 4.98 Å². The van der Waals surface area contributed by atoms with E-state index in [0.29, 0.717) is 33.8 Å². The van der Waals surface area contributed by atoms with E-state index in [1.54, 1.807) is 24.3 Å². The quantitative estimate of drug-likeness (QED) is 0.664. The molecule has 29 heavy (non-hydrogen) atoms. The minimum absolute atomic E-state index is 0.281. The van der Waals surface area contributed by atoms with Gasteiger partial charge < -0.3 is 15.5 Å². The van der Waals surface area contributed by atoms with Crippen molar-refractivity contribution in [3.63, 3.8) is 0 Å². The van der Waals surface area contributed by atoms with E-state index in [4.69, 9.17) is 28.5 Å². The van der Waals surface area contributed by atoms with Crippen LogP contribution >= 0.6 is 23.2 Å². The highest BCUT2D eigenvalue weighted by molar-refractivity contribution is 6.31. The first-order chi connectivity index (χ1) is 14.0. The number of carbonyl (C=O) groups is 1. The lowest BCUT2D eigenvalue weighted by atomic mass is 9.96. The van der Waals surface area contributed by atoms with Gasteiger partial charge in [0.25, 0.3) is 5.91 Å². The van der Waals surface area contributed by atoms with Gasteiger partial charge in [0, 0.05) is 36.4 Å². The number of carbonyl (C=O) groups excluding carboxylic acids is 1. The van der Waals surface area contributed by atoms with E-state index < -0.39 is 0 Å². The van der Waals surface area contributed by atoms with Crippen molar-refractivity contribution in [2.24, 2.45) is 5.92 Å². The van der Waals surface area contributed by atoms with Crippen molar-refractivity contribution >= 4 is 40.6 Å². The SMILES string of the molecule is N#CCCN1CCC(CNc2ccc(Cl)cc2C(=O)Nc2ccc(Cl)cn2)CC1. The lowest BCUT2D eigenvalue weighted by molar-refractivity contribution is 0.102. The number of piperidine rings is 1. The highest BCUT2D eigenvalue weighted by Crippen LogP contribution is 2.24. The number of halogens is 2. The standard InChI is InChI=1S/C21H23Cl2N5O/c22-16-2-4-19(25-13-15-6-10-28(11-7-15)9-1-8-24)18(12-16)21(29)27-20-5-3-17(23)14-26-20/h2-5,12,14-15,25H,1,6-7,9-11,13H2,(H,26,27,29). The van der Waals surface area contributed by atoms with Gasteiger partial charge in [-0.3, -0.25) is 4.79 Å². The van der Waals surface area contributed by atoms with E-state index >= 15 is 0 Å². The molecule has 152 valence electrons. The number of benzene rings is 1. The summed E-state index contributed by atoms with van der Waals surface area (Å²) in [6, 6.07) is 10.8. The Bertz CT molecular complexity index is 874. The molecule has 0 atom stereocenters. The smallest absolute Gasteiger partial charge is 0.258 e. The van der Waals surface area contributed by atoms with Crippen molar-refractivity contribution in [2.45, 2.75) is 19.3 Å². The van der Waals surface area contributed by atoms with Crippen LogP contribution in [0.2, 0.25) is 10.0 Å². The van der Waals surface area contributed by atoms with Crippen LogP contribution in [0.4, 0.5) is 11.5 Å². The van der Waals surface area contributed by atoms with Crippen molar-refractivity contribution in [1.82, 2.24) is 9.88 Å². The van der Waals surface area contributed by atoms with E-state index in [9.17, 15) is 4.79 Å². The predicted molar refractivity (Wildman–Crippen MR) is 117 cm³/mol. The third-order valence-electron chi connectivity index (χ3n) is 5.02. The minimum Gasteiger partial charge on any atom is -0.384 e. The number of hydrogen-bond acceptors (Lipinski definition) is 5. The van der Waals surface area contributed by atoms with Gasteiger partial charge in [0.15, 0.2) is 0 Å². The summed E-state index contributed by atoms with van der Waals surface area (Å²) in [5.41, 5.74) is 1.22. The molecule has 2 N–H and O–H groups in total. The zero-order valence-electron chi connectivity index (χ0n) is 16.0. The van der Waals surface area contributed by atoms with Gasteiger partial charge >= 0.3 is 0 Å². The van der Waals surface area contributed by atoms with Gasteiger partial charge in [-0.2, -0.15) is 5.26 Å². The second kappa shape index (κ2) is 10.4. The second-order valence-electron chi connectivity index (χ2n) is 7.08. The number of pyridine rings is 1. The highest BCUT2D eigenvalue weighted by Gasteiger charge is 2.20. The number of nitrogens with zero attached hydrogens (tertiary/aromatic N) is 3. The number of aromatic nitrogens is 1. The Kier molecular flexibility index (Phi) is 7.70. The molecular weight excluding hydrogens is 409 g/mol. The van der Waals surface area contributed by atoms with Crippen LogP contribution in [0.5, 0.6) is 0 Å². The zero-order chi connectivity index (χ0) is 20.6. The Morgan fingerprint density at radius 3 is 2.66 bits per heavy atom. The number of hydrogen-bond donors (Lipinski definition) is 2. The fourth-order valence-corrected chi connectivity index (χ4v) is 3.65. The second-order valence-corrected chi connectivity index (χ2v) is 7.95. The molecule has 1 aromatic heterocycles. The van der Waals surface area contributed by atoms with Crippen LogP contribution in [0.15, 0.2) is 36.5 Å². The van der Waals surface area contributed by atoms with Crippen LogP contribution in [0, 0.1) is 17.2 Å². The average molecular weight is 432 g/mol. The first kappa shape index (κ1) is 21.4. The van der Waals surface area contributed by atoms with E-state index in [0.717, 1.165) is 44.7 Å². The average Bonchev–Trinajstić information content (AvgIpc) is 2.73. The van der Waals surface area contributed by atoms with Gasteiger partial charge in [-0.15, -0.1) is 0 Å². The number of nitrogens with one attached hydrogen (secondary N) is 2. The molecule has 0 bridgehead atoms. The van der Waals surface area contributed by atoms with Crippen LogP contribution < -0.4 is 10.6 Å². The van der Waals surface area contributed by atoms with Crippen LogP contribution in [0.1, 0.15) is 29.6 Å². The first-order valence-electron chi connectivity index (χ1n) is 9.61. The van der Waals surface area contributed by atoms with Gasteiger partial charge in [0.2, 0.25) is 0 Å². The number of rotatable bonds is 7. The molecule has 0 spiro atoms. The molecule has 2 aromatic rings. The Labute approximate surface area is 180 Å². The normalized spacial score (nSPS) is 14.9. The molecule has 1 aliphatic heterocycles. The molecule has 6 nitrogen and oxygen atoms in total. The summed E-state index contributed by atoms with van der Waals surface area (Å²) in [5, 5.41) is 15.9. The highest BCUT2D eigenvalue weighted by atomic mass is 35.5. The fourth-order valence-electron chi connectivity index (χ4n) is 3.37. The summed E-state index contributed by atoms with van der Waals surface area (Å²) in [6.07, 6.45) is 4.20. The summed E-state index contributed by atoms with van der Waals surface area (Å²) in [7, 11) is 0.